The highest BCUT2D eigenvalue weighted by atomic mass is 35.5. The van der Waals surface area contributed by atoms with Gasteiger partial charge in [-0.1, -0.05) is 11.6 Å². The summed E-state index contributed by atoms with van der Waals surface area (Å²) in [4.78, 5) is 19.1. The molecule has 1 amide bonds. The number of hydrogen-bond donors (Lipinski definition) is 1. The third-order valence-electron chi connectivity index (χ3n) is 4.44. The number of nitrogens with one attached hydrogen (secondary N) is 1. The second-order valence-electron chi connectivity index (χ2n) is 6.24. The molecule has 1 aliphatic heterocycles. The van der Waals surface area contributed by atoms with Crippen molar-refractivity contribution in [3.05, 3.63) is 40.3 Å². The minimum absolute atomic E-state index is 0.143. The van der Waals surface area contributed by atoms with Gasteiger partial charge in [0, 0.05) is 18.8 Å². The molecule has 1 aliphatic rings. The van der Waals surface area contributed by atoms with Gasteiger partial charge in [-0.2, -0.15) is 5.10 Å². The summed E-state index contributed by atoms with van der Waals surface area (Å²) in [5, 5.41) is 8.10. The maximum absolute atomic E-state index is 12.9. The summed E-state index contributed by atoms with van der Waals surface area (Å²) in [5.41, 5.74) is 2.15. The Labute approximate surface area is 146 Å². The number of nitrogens with zero attached hydrogens (tertiary/aromatic N) is 4. The summed E-state index contributed by atoms with van der Waals surface area (Å²) >= 11 is 6.25. The van der Waals surface area contributed by atoms with Gasteiger partial charge in [0.1, 0.15) is 5.69 Å². The van der Waals surface area contributed by atoms with Gasteiger partial charge >= 0.3 is 0 Å². The minimum Gasteiger partial charge on any atom is -0.337 e. The lowest BCUT2D eigenvalue weighted by Gasteiger charge is -2.31. The molecule has 3 rings (SSSR count). The Bertz CT molecular complexity index is 751. The monoisotopic (exact) mass is 347 g/mol. The minimum atomic E-state index is -0.143. The molecule has 128 valence electrons. The first-order valence-corrected chi connectivity index (χ1v) is 8.53. The molecule has 0 spiro atoms. The summed E-state index contributed by atoms with van der Waals surface area (Å²) in [6.45, 7) is 5.74. The van der Waals surface area contributed by atoms with Gasteiger partial charge in [-0.25, -0.2) is 9.67 Å². The van der Waals surface area contributed by atoms with Crippen molar-refractivity contribution in [1.82, 2.24) is 25.0 Å². The molecule has 0 atom stereocenters. The first-order valence-electron chi connectivity index (χ1n) is 8.15. The number of piperidine rings is 1. The van der Waals surface area contributed by atoms with E-state index in [0.717, 1.165) is 37.3 Å². The summed E-state index contributed by atoms with van der Waals surface area (Å²) in [7, 11) is 1.83. The number of carbonyl (C=O) groups excluding carboxylic acids is 1. The van der Waals surface area contributed by atoms with Gasteiger partial charge in [-0.3, -0.25) is 4.79 Å². The number of aryl methyl sites for hydroxylation is 2. The van der Waals surface area contributed by atoms with Gasteiger partial charge in [0.2, 0.25) is 0 Å². The fourth-order valence-corrected chi connectivity index (χ4v) is 3.27. The molecule has 0 unspecified atom stereocenters. The molecule has 0 saturated carbocycles. The van der Waals surface area contributed by atoms with E-state index in [1.807, 2.05) is 27.0 Å². The predicted octanol–water partition coefficient (Wildman–Crippen LogP) is 2.36. The van der Waals surface area contributed by atoms with Gasteiger partial charge in [0.05, 0.1) is 10.7 Å². The van der Waals surface area contributed by atoms with E-state index in [4.69, 9.17) is 11.6 Å². The van der Waals surface area contributed by atoms with Gasteiger partial charge in [0.15, 0.2) is 5.82 Å². The highest BCUT2D eigenvalue weighted by Crippen LogP contribution is 2.21. The van der Waals surface area contributed by atoms with E-state index in [1.54, 1.807) is 21.7 Å². The fraction of sp³-hybridized carbons (Fsp3) is 0.471. The number of carbonyl (C=O) groups is 1. The molecule has 2 aromatic heterocycles. The van der Waals surface area contributed by atoms with Crippen molar-refractivity contribution in [3.8, 4) is 5.82 Å². The van der Waals surface area contributed by atoms with Crippen molar-refractivity contribution in [2.75, 3.05) is 20.1 Å². The summed E-state index contributed by atoms with van der Waals surface area (Å²) in [6, 6.07) is 5.68. The molecule has 2 aromatic rings. The molecular weight excluding hydrogens is 326 g/mol. The van der Waals surface area contributed by atoms with Crippen LogP contribution in [0, 0.1) is 13.8 Å². The van der Waals surface area contributed by atoms with Gasteiger partial charge in [-0.05, 0) is 58.0 Å². The summed E-state index contributed by atoms with van der Waals surface area (Å²) in [5.74, 6) is 0.461. The Balaban J connectivity index is 1.91. The summed E-state index contributed by atoms with van der Waals surface area (Å²) in [6.07, 6.45) is 1.88. The van der Waals surface area contributed by atoms with Crippen molar-refractivity contribution in [1.29, 1.82) is 0 Å². The molecule has 7 heteroatoms. The van der Waals surface area contributed by atoms with E-state index in [0.29, 0.717) is 10.8 Å². The lowest BCUT2D eigenvalue weighted by molar-refractivity contribution is 0.0697. The van der Waals surface area contributed by atoms with Gasteiger partial charge < -0.3 is 10.2 Å². The molecule has 3 heterocycles. The third kappa shape index (κ3) is 3.30. The first kappa shape index (κ1) is 16.9. The van der Waals surface area contributed by atoms with Crippen LogP contribution in [-0.2, 0) is 0 Å². The van der Waals surface area contributed by atoms with Crippen LogP contribution >= 0.6 is 11.6 Å². The highest BCUT2D eigenvalue weighted by molar-refractivity contribution is 6.33. The number of rotatable bonds is 3. The zero-order valence-corrected chi connectivity index (χ0v) is 15.0. The van der Waals surface area contributed by atoms with Gasteiger partial charge in [-0.15, -0.1) is 0 Å². The molecule has 24 heavy (non-hydrogen) atoms. The standard InChI is InChI=1S/C17H22ClN5O/c1-11-10-12(2)23(21-11)15-5-4-14(18)16(20-15)17(24)22(3)13-6-8-19-9-7-13/h4-5,10,13,19H,6-9H2,1-3H3. The van der Waals surface area contributed by atoms with Crippen molar-refractivity contribution in [3.63, 3.8) is 0 Å². The molecule has 1 N–H and O–H groups in total. The molecular formula is C17H22ClN5O. The lowest BCUT2D eigenvalue weighted by Crippen LogP contribution is -2.44. The molecule has 0 bridgehead atoms. The number of pyridine rings is 1. The van der Waals surface area contributed by atoms with E-state index in [-0.39, 0.29) is 17.6 Å². The van der Waals surface area contributed by atoms with Crippen LogP contribution < -0.4 is 5.32 Å². The maximum Gasteiger partial charge on any atom is 0.274 e. The number of aromatic nitrogens is 3. The number of amides is 1. The molecule has 0 radical (unpaired) electrons. The Kier molecular flexibility index (Phi) is 4.87. The first-order chi connectivity index (χ1) is 11.5. The zero-order valence-electron chi connectivity index (χ0n) is 14.2. The quantitative estimate of drug-likeness (QED) is 0.925. The lowest BCUT2D eigenvalue weighted by atomic mass is 10.1. The Morgan fingerprint density at radius 2 is 2.04 bits per heavy atom. The Morgan fingerprint density at radius 3 is 2.67 bits per heavy atom. The zero-order chi connectivity index (χ0) is 17.3. The second-order valence-corrected chi connectivity index (χ2v) is 6.64. The average molecular weight is 348 g/mol. The van der Waals surface area contributed by atoms with Crippen molar-refractivity contribution in [2.45, 2.75) is 32.7 Å². The number of hydrogen-bond acceptors (Lipinski definition) is 4. The van der Waals surface area contributed by atoms with Crippen LogP contribution in [0.1, 0.15) is 34.7 Å². The van der Waals surface area contributed by atoms with Crippen molar-refractivity contribution in [2.24, 2.45) is 0 Å². The SMILES string of the molecule is Cc1cc(C)n(-c2ccc(Cl)c(C(=O)N(C)C3CCNCC3)n2)n1. The van der Waals surface area contributed by atoms with Crippen LogP contribution in [0.5, 0.6) is 0 Å². The van der Waals surface area contributed by atoms with Crippen LogP contribution in [0.4, 0.5) is 0 Å². The van der Waals surface area contributed by atoms with Crippen molar-refractivity contribution < 1.29 is 4.79 Å². The Hall–Kier alpha value is -1.92. The highest BCUT2D eigenvalue weighted by Gasteiger charge is 2.25. The molecule has 0 aliphatic carbocycles. The average Bonchev–Trinajstić information content (AvgIpc) is 2.93. The predicted molar refractivity (Wildman–Crippen MR) is 93.8 cm³/mol. The van der Waals surface area contributed by atoms with E-state index < -0.39 is 0 Å². The van der Waals surface area contributed by atoms with Crippen molar-refractivity contribution >= 4 is 17.5 Å². The van der Waals surface area contributed by atoms with Crippen LogP contribution in [0.2, 0.25) is 5.02 Å². The summed E-state index contributed by atoms with van der Waals surface area (Å²) < 4.78 is 1.73. The smallest absolute Gasteiger partial charge is 0.274 e. The maximum atomic E-state index is 12.9. The molecule has 1 saturated heterocycles. The van der Waals surface area contributed by atoms with Gasteiger partial charge in [0.25, 0.3) is 5.91 Å². The van der Waals surface area contributed by atoms with E-state index >= 15 is 0 Å². The van der Waals surface area contributed by atoms with E-state index in [2.05, 4.69) is 15.4 Å². The van der Waals surface area contributed by atoms with Crippen LogP contribution in [-0.4, -0.2) is 51.8 Å². The number of halogens is 1. The van der Waals surface area contributed by atoms with E-state index in [9.17, 15) is 4.79 Å². The topological polar surface area (TPSA) is 63.1 Å². The van der Waals surface area contributed by atoms with E-state index in [1.165, 1.54) is 0 Å². The molecule has 1 fully saturated rings. The van der Waals surface area contributed by atoms with Crippen LogP contribution in [0.25, 0.3) is 5.82 Å². The largest absolute Gasteiger partial charge is 0.337 e. The fourth-order valence-electron chi connectivity index (χ4n) is 3.09. The third-order valence-corrected chi connectivity index (χ3v) is 4.74. The molecule has 6 nitrogen and oxygen atoms in total. The second kappa shape index (κ2) is 6.91. The molecule has 0 aromatic carbocycles. The normalized spacial score (nSPS) is 15.5. The van der Waals surface area contributed by atoms with Crippen LogP contribution in [0.15, 0.2) is 18.2 Å². The van der Waals surface area contributed by atoms with Crippen LogP contribution in [0.3, 0.4) is 0 Å². The Morgan fingerprint density at radius 1 is 1.33 bits per heavy atom.